The first kappa shape index (κ1) is 14.7. The van der Waals surface area contributed by atoms with Gasteiger partial charge in [0.25, 0.3) is 5.56 Å². The van der Waals surface area contributed by atoms with Crippen LogP contribution in [0.4, 0.5) is 5.82 Å². The van der Waals surface area contributed by atoms with Gasteiger partial charge in [-0.3, -0.25) is 9.36 Å². The predicted octanol–water partition coefficient (Wildman–Crippen LogP) is -0.631. The largest absolute Gasteiger partial charge is 0.394 e. The molecular formula is C13H19N3O4. The van der Waals surface area contributed by atoms with Crippen LogP contribution in [-0.2, 0) is 11.3 Å². The summed E-state index contributed by atoms with van der Waals surface area (Å²) in [7, 11) is 0. The highest BCUT2D eigenvalue weighted by Gasteiger charge is 2.33. The van der Waals surface area contributed by atoms with Crippen LogP contribution in [0.15, 0.2) is 17.4 Å². The molecule has 7 heteroatoms. The van der Waals surface area contributed by atoms with Crippen molar-refractivity contribution in [3.63, 3.8) is 0 Å². The van der Waals surface area contributed by atoms with Crippen molar-refractivity contribution in [1.29, 1.82) is 0 Å². The van der Waals surface area contributed by atoms with Gasteiger partial charge < -0.3 is 20.7 Å². The number of ether oxygens (including phenoxy) is 1. The van der Waals surface area contributed by atoms with Crippen LogP contribution in [0.25, 0.3) is 6.08 Å². The number of aliphatic hydroxyl groups is 2. The minimum atomic E-state index is -0.662. The molecule has 1 fully saturated rings. The average molecular weight is 281 g/mol. The van der Waals surface area contributed by atoms with Gasteiger partial charge in [0, 0.05) is 19.0 Å². The van der Waals surface area contributed by atoms with Gasteiger partial charge in [0.05, 0.1) is 18.8 Å². The Bertz CT molecular complexity index is 543. The van der Waals surface area contributed by atoms with Crippen LogP contribution in [0.2, 0.25) is 0 Å². The fraction of sp³-hybridized carbons (Fsp3) is 0.538. The van der Waals surface area contributed by atoms with Gasteiger partial charge in [0.2, 0.25) is 0 Å². The second-order valence-corrected chi connectivity index (χ2v) is 4.80. The van der Waals surface area contributed by atoms with Crippen LogP contribution >= 0.6 is 0 Å². The number of nitrogens with two attached hydrogens (primary N) is 1. The number of rotatable bonds is 5. The molecule has 2 heterocycles. The molecule has 2 rings (SSSR count). The van der Waals surface area contributed by atoms with Gasteiger partial charge in [0.1, 0.15) is 17.7 Å². The van der Waals surface area contributed by atoms with Crippen molar-refractivity contribution in [2.24, 2.45) is 0 Å². The Morgan fingerprint density at radius 3 is 3.00 bits per heavy atom. The highest BCUT2D eigenvalue weighted by Crippen LogP contribution is 2.22. The van der Waals surface area contributed by atoms with Crippen molar-refractivity contribution in [3.05, 3.63) is 28.8 Å². The number of hydrogen-bond donors (Lipinski definition) is 3. The summed E-state index contributed by atoms with van der Waals surface area (Å²) in [5.41, 5.74) is 5.27. The summed E-state index contributed by atoms with van der Waals surface area (Å²) in [6.45, 7) is 3.79. The third-order valence-electron chi connectivity index (χ3n) is 3.40. The molecule has 0 unspecified atom stereocenters. The Morgan fingerprint density at radius 2 is 2.40 bits per heavy atom. The smallest absolute Gasteiger partial charge is 0.255 e. The van der Waals surface area contributed by atoms with E-state index >= 15 is 0 Å². The molecule has 1 aromatic rings. The Balaban J connectivity index is 2.05. The van der Waals surface area contributed by atoms with E-state index in [1.54, 1.807) is 0 Å². The zero-order valence-electron chi connectivity index (χ0n) is 11.1. The van der Waals surface area contributed by atoms with Crippen molar-refractivity contribution in [3.8, 4) is 0 Å². The van der Waals surface area contributed by atoms with E-state index < -0.39 is 12.2 Å². The second kappa shape index (κ2) is 6.17. The predicted molar refractivity (Wildman–Crippen MR) is 74.0 cm³/mol. The Hall–Kier alpha value is -1.70. The zero-order chi connectivity index (χ0) is 14.7. The maximum Gasteiger partial charge on any atom is 0.255 e. The van der Waals surface area contributed by atoms with E-state index in [1.807, 2.05) is 0 Å². The van der Waals surface area contributed by atoms with Crippen LogP contribution in [0.3, 0.4) is 0 Å². The number of anilines is 1. The van der Waals surface area contributed by atoms with Crippen LogP contribution in [-0.4, -0.2) is 44.7 Å². The lowest BCUT2D eigenvalue weighted by Crippen LogP contribution is -2.26. The summed E-state index contributed by atoms with van der Waals surface area (Å²) in [5, 5.41) is 18.7. The lowest BCUT2D eigenvalue weighted by atomic mass is 10.1. The van der Waals surface area contributed by atoms with E-state index in [4.69, 9.17) is 15.6 Å². The monoisotopic (exact) mass is 281 g/mol. The fourth-order valence-electron chi connectivity index (χ4n) is 2.36. The molecule has 3 atom stereocenters. The summed E-state index contributed by atoms with van der Waals surface area (Å²) < 4.78 is 6.96. The van der Waals surface area contributed by atoms with Gasteiger partial charge >= 0.3 is 0 Å². The molecule has 1 aromatic heterocycles. The number of nitrogens with zero attached hydrogens (tertiary/aromatic N) is 2. The molecule has 0 amide bonds. The van der Waals surface area contributed by atoms with Crippen LogP contribution < -0.4 is 11.3 Å². The van der Waals surface area contributed by atoms with Crippen molar-refractivity contribution < 1.29 is 14.9 Å². The number of nitrogen functional groups attached to an aromatic ring is 1. The van der Waals surface area contributed by atoms with Gasteiger partial charge in [0.15, 0.2) is 0 Å². The van der Waals surface area contributed by atoms with Gasteiger partial charge in [-0.25, -0.2) is 4.98 Å². The molecule has 0 aromatic carbocycles. The van der Waals surface area contributed by atoms with E-state index in [0.717, 1.165) is 0 Å². The van der Waals surface area contributed by atoms with Gasteiger partial charge in [-0.05, 0) is 12.5 Å². The van der Waals surface area contributed by atoms with E-state index in [9.17, 15) is 9.90 Å². The molecule has 0 radical (unpaired) electrons. The SMILES string of the molecule is C=Cc1nc(N)cc(=O)n1CC[C@H]1C[C@H](O)[C@@H](CO)O1. The van der Waals surface area contributed by atoms with Crippen molar-refractivity contribution in [2.45, 2.75) is 37.7 Å². The molecule has 1 aliphatic heterocycles. The molecule has 4 N–H and O–H groups in total. The third-order valence-corrected chi connectivity index (χ3v) is 3.40. The van der Waals surface area contributed by atoms with Crippen molar-refractivity contribution in [1.82, 2.24) is 9.55 Å². The molecule has 110 valence electrons. The minimum absolute atomic E-state index is 0.161. The molecule has 20 heavy (non-hydrogen) atoms. The maximum absolute atomic E-state index is 11.9. The van der Waals surface area contributed by atoms with E-state index in [0.29, 0.717) is 25.2 Å². The molecule has 0 aliphatic carbocycles. The number of aliphatic hydroxyl groups excluding tert-OH is 2. The Morgan fingerprint density at radius 1 is 1.65 bits per heavy atom. The summed E-state index contributed by atoms with van der Waals surface area (Å²) in [4.78, 5) is 15.9. The molecule has 7 nitrogen and oxygen atoms in total. The summed E-state index contributed by atoms with van der Waals surface area (Å²) >= 11 is 0. The lowest BCUT2D eigenvalue weighted by Gasteiger charge is -2.14. The second-order valence-electron chi connectivity index (χ2n) is 4.80. The molecular weight excluding hydrogens is 262 g/mol. The Kier molecular flexibility index (Phi) is 4.53. The van der Waals surface area contributed by atoms with Gasteiger partial charge in [-0.15, -0.1) is 0 Å². The molecule has 0 spiro atoms. The standard InChI is InChI=1S/C13H19N3O4/c1-2-12-15-11(14)6-13(19)16(12)4-3-8-5-9(18)10(7-17)20-8/h2,6,8-10,17-18H,1,3-5,7,14H2/t8-,9-,10+/m0/s1. The minimum Gasteiger partial charge on any atom is -0.394 e. The topological polar surface area (TPSA) is 111 Å². The molecule has 0 bridgehead atoms. The lowest BCUT2D eigenvalue weighted by molar-refractivity contribution is -0.0246. The van der Waals surface area contributed by atoms with Crippen LogP contribution in [0.1, 0.15) is 18.7 Å². The fourth-order valence-corrected chi connectivity index (χ4v) is 2.36. The number of aromatic nitrogens is 2. The quantitative estimate of drug-likeness (QED) is 0.662. The normalized spacial score (nSPS) is 25.8. The first-order valence-electron chi connectivity index (χ1n) is 6.49. The maximum atomic E-state index is 11.9. The van der Waals surface area contributed by atoms with Crippen molar-refractivity contribution >= 4 is 11.9 Å². The highest BCUT2D eigenvalue weighted by molar-refractivity contribution is 5.41. The first-order chi connectivity index (χ1) is 9.55. The summed E-state index contributed by atoms with van der Waals surface area (Å²) in [6.07, 6.45) is 1.07. The van der Waals surface area contributed by atoms with E-state index in [2.05, 4.69) is 11.6 Å². The summed E-state index contributed by atoms with van der Waals surface area (Å²) in [6, 6.07) is 1.26. The molecule has 1 aliphatic rings. The van der Waals surface area contributed by atoms with Gasteiger partial charge in [-0.1, -0.05) is 6.58 Å². The third kappa shape index (κ3) is 3.06. The Labute approximate surface area is 116 Å². The molecule has 1 saturated heterocycles. The molecule has 0 saturated carbocycles. The number of hydrogen-bond acceptors (Lipinski definition) is 6. The first-order valence-corrected chi connectivity index (χ1v) is 6.49. The summed E-state index contributed by atoms with van der Waals surface area (Å²) in [5.74, 6) is 0.571. The highest BCUT2D eigenvalue weighted by atomic mass is 16.5. The zero-order valence-corrected chi connectivity index (χ0v) is 11.1. The van der Waals surface area contributed by atoms with Crippen LogP contribution in [0, 0.1) is 0 Å². The van der Waals surface area contributed by atoms with Crippen molar-refractivity contribution in [2.75, 3.05) is 12.3 Å². The van der Waals surface area contributed by atoms with E-state index in [1.165, 1.54) is 16.7 Å². The van der Waals surface area contributed by atoms with Crippen LogP contribution in [0.5, 0.6) is 0 Å². The van der Waals surface area contributed by atoms with Gasteiger partial charge in [-0.2, -0.15) is 0 Å². The average Bonchev–Trinajstić information content (AvgIpc) is 2.77. The van der Waals surface area contributed by atoms with E-state index in [-0.39, 0.29) is 24.1 Å².